The van der Waals surface area contributed by atoms with Gasteiger partial charge in [0.15, 0.2) is 0 Å². The van der Waals surface area contributed by atoms with Gasteiger partial charge < -0.3 is 14.6 Å². The highest BCUT2D eigenvalue weighted by Gasteiger charge is 2.24. The zero-order chi connectivity index (χ0) is 15.1. The summed E-state index contributed by atoms with van der Waals surface area (Å²) < 4.78 is 4.94. The highest BCUT2D eigenvalue weighted by atomic mass is 16.3. The molecule has 2 heterocycles. The maximum absolute atomic E-state index is 12.1. The van der Waals surface area contributed by atoms with Crippen LogP contribution in [-0.2, 0) is 4.79 Å². The summed E-state index contributed by atoms with van der Waals surface area (Å²) in [5, 5.41) is 3.08. The van der Waals surface area contributed by atoms with Crippen LogP contribution in [0.4, 0.5) is 0 Å². The lowest BCUT2D eigenvalue weighted by Gasteiger charge is -2.32. The number of piperidine rings is 1. The lowest BCUT2D eigenvalue weighted by Crippen LogP contribution is -2.46. The van der Waals surface area contributed by atoms with E-state index in [4.69, 9.17) is 4.42 Å². The molecule has 1 N–H and O–H groups in total. The molecule has 1 aromatic rings. The Balaban J connectivity index is 1.71. The second kappa shape index (κ2) is 7.86. The average molecular weight is 292 g/mol. The van der Waals surface area contributed by atoms with Crippen molar-refractivity contribution in [2.75, 3.05) is 13.1 Å². The lowest BCUT2D eigenvalue weighted by atomic mass is 10.0. The minimum Gasteiger partial charge on any atom is -0.472 e. The van der Waals surface area contributed by atoms with Crippen molar-refractivity contribution in [1.29, 1.82) is 0 Å². The van der Waals surface area contributed by atoms with E-state index in [9.17, 15) is 9.59 Å². The molecule has 0 aliphatic carbocycles. The molecule has 21 heavy (non-hydrogen) atoms. The highest BCUT2D eigenvalue weighted by Crippen LogP contribution is 2.14. The molecule has 0 spiro atoms. The Hall–Kier alpha value is -1.78. The summed E-state index contributed by atoms with van der Waals surface area (Å²) in [7, 11) is 0. The van der Waals surface area contributed by atoms with Crippen molar-refractivity contribution >= 4 is 11.8 Å². The van der Waals surface area contributed by atoms with Crippen LogP contribution in [0.15, 0.2) is 23.0 Å². The molecule has 0 atom stereocenters. The van der Waals surface area contributed by atoms with Crippen LogP contribution in [0.2, 0.25) is 0 Å². The summed E-state index contributed by atoms with van der Waals surface area (Å²) in [6, 6.07) is 1.89. The number of furan rings is 1. The molecule has 5 heteroatoms. The first-order chi connectivity index (χ1) is 10.2. The first-order valence-corrected chi connectivity index (χ1v) is 7.81. The van der Waals surface area contributed by atoms with Crippen LogP contribution in [0.5, 0.6) is 0 Å². The fourth-order valence-electron chi connectivity index (χ4n) is 2.63. The zero-order valence-corrected chi connectivity index (χ0v) is 12.6. The molecule has 1 fully saturated rings. The number of amides is 2. The molecule has 116 valence electrons. The molecule has 0 saturated carbocycles. The summed E-state index contributed by atoms with van der Waals surface area (Å²) in [6.45, 7) is 3.50. The van der Waals surface area contributed by atoms with E-state index in [2.05, 4.69) is 12.2 Å². The van der Waals surface area contributed by atoms with Crippen LogP contribution < -0.4 is 5.32 Å². The Morgan fingerprint density at radius 1 is 1.33 bits per heavy atom. The van der Waals surface area contributed by atoms with E-state index < -0.39 is 0 Å². The molecule has 0 aromatic carbocycles. The number of carbonyl (C=O) groups is 2. The van der Waals surface area contributed by atoms with Crippen LogP contribution >= 0.6 is 0 Å². The van der Waals surface area contributed by atoms with Gasteiger partial charge in [0.25, 0.3) is 5.91 Å². The molecule has 2 amide bonds. The molecule has 0 radical (unpaired) electrons. The number of nitrogens with zero attached hydrogens (tertiary/aromatic N) is 1. The molecule has 1 saturated heterocycles. The van der Waals surface area contributed by atoms with Gasteiger partial charge in [-0.1, -0.05) is 19.8 Å². The molecular formula is C16H24N2O3. The van der Waals surface area contributed by atoms with Crippen molar-refractivity contribution in [3.8, 4) is 0 Å². The third-order valence-electron chi connectivity index (χ3n) is 3.92. The largest absolute Gasteiger partial charge is 0.472 e. The minimum atomic E-state index is 0.0106. The predicted molar refractivity (Wildman–Crippen MR) is 79.9 cm³/mol. The average Bonchev–Trinajstić information content (AvgIpc) is 3.02. The lowest BCUT2D eigenvalue weighted by molar-refractivity contribution is -0.122. The van der Waals surface area contributed by atoms with E-state index in [1.807, 2.05) is 4.90 Å². The molecule has 5 nitrogen and oxygen atoms in total. The first-order valence-electron chi connectivity index (χ1n) is 7.81. The Bertz CT molecular complexity index is 448. The normalized spacial score (nSPS) is 16.0. The van der Waals surface area contributed by atoms with Crippen LogP contribution in [0, 0.1) is 0 Å². The summed E-state index contributed by atoms with van der Waals surface area (Å²) in [5.41, 5.74) is 0.594. The smallest absolute Gasteiger partial charge is 0.257 e. The SMILES string of the molecule is CCCCCC(=O)NC1CCN(C(=O)c2ccoc2)CC1. The quantitative estimate of drug-likeness (QED) is 0.820. The van der Waals surface area contributed by atoms with Gasteiger partial charge in [0.1, 0.15) is 6.26 Å². The van der Waals surface area contributed by atoms with E-state index in [-0.39, 0.29) is 17.9 Å². The number of rotatable bonds is 6. The van der Waals surface area contributed by atoms with Crippen LogP contribution in [-0.4, -0.2) is 35.8 Å². The second-order valence-corrected chi connectivity index (χ2v) is 5.60. The molecule has 0 bridgehead atoms. The molecule has 1 aliphatic rings. The fourth-order valence-corrected chi connectivity index (χ4v) is 2.63. The van der Waals surface area contributed by atoms with Gasteiger partial charge in [-0.25, -0.2) is 0 Å². The molecule has 0 unspecified atom stereocenters. The van der Waals surface area contributed by atoms with Crippen molar-refractivity contribution in [3.05, 3.63) is 24.2 Å². The highest BCUT2D eigenvalue weighted by molar-refractivity contribution is 5.93. The topological polar surface area (TPSA) is 62.6 Å². The van der Waals surface area contributed by atoms with Gasteiger partial charge in [0, 0.05) is 25.6 Å². The number of unbranched alkanes of at least 4 members (excludes halogenated alkanes) is 2. The third kappa shape index (κ3) is 4.62. The predicted octanol–water partition coefficient (Wildman–Crippen LogP) is 2.58. The van der Waals surface area contributed by atoms with Gasteiger partial charge in [-0.3, -0.25) is 9.59 Å². The maximum atomic E-state index is 12.1. The van der Waals surface area contributed by atoms with E-state index in [1.54, 1.807) is 6.07 Å². The zero-order valence-electron chi connectivity index (χ0n) is 12.6. The second-order valence-electron chi connectivity index (χ2n) is 5.60. The number of likely N-dealkylation sites (tertiary alicyclic amines) is 1. The maximum Gasteiger partial charge on any atom is 0.257 e. The number of carbonyl (C=O) groups excluding carboxylic acids is 2. The molecule has 1 aliphatic heterocycles. The van der Waals surface area contributed by atoms with E-state index in [0.29, 0.717) is 25.1 Å². The van der Waals surface area contributed by atoms with Crippen molar-refractivity contribution in [1.82, 2.24) is 10.2 Å². The fraction of sp³-hybridized carbons (Fsp3) is 0.625. The van der Waals surface area contributed by atoms with Gasteiger partial charge in [0.2, 0.25) is 5.91 Å². The Morgan fingerprint density at radius 2 is 2.10 bits per heavy atom. The Kier molecular flexibility index (Phi) is 5.84. The van der Waals surface area contributed by atoms with Gasteiger partial charge in [-0.2, -0.15) is 0 Å². The third-order valence-corrected chi connectivity index (χ3v) is 3.92. The van der Waals surface area contributed by atoms with Gasteiger partial charge in [0.05, 0.1) is 11.8 Å². The van der Waals surface area contributed by atoms with Crippen molar-refractivity contribution in [2.45, 2.75) is 51.5 Å². The van der Waals surface area contributed by atoms with Gasteiger partial charge in [-0.15, -0.1) is 0 Å². The van der Waals surface area contributed by atoms with Crippen molar-refractivity contribution in [2.24, 2.45) is 0 Å². The minimum absolute atomic E-state index is 0.0106. The summed E-state index contributed by atoms with van der Waals surface area (Å²) in [5.74, 6) is 0.152. The molecule has 2 rings (SSSR count). The van der Waals surface area contributed by atoms with Crippen LogP contribution in [0.1, 0.15) is 55.8 Å². The van der Waals surface area contributed by atoms with Crippen molar-refractivity contribution < 1.29 is 14.0 Å². The van der Waals surface area contributed by atoms with Crippen LogP contribution in [0.25, 0.3) is 0 Å². The number of hydrogen-bond acceptors (Lipinski definition) is 3. The van der Waals surface area contributed by atoms with E-state index in [0.717, 1.165) is 32.1 Å². The Morgan fingerprint density at radius 3 is 2.71 bits per heavy atom. The van der Waals surface area contributed by atoms with E-state index >= 15 is 0 Å². The number of nitrogens with one attached hydrogen (secondary N) is 1. The molecule has 1 aromatic heterocycles. The monoisotopic (exact) mass is 292 g/mol. The standard InChI is InChI=1S/C16H24N2O3/c1-2-3-4-5-15(19)17-14-6-9-18(10-7-14)16(20)13-8-11-21-12-13/h8,11-12,14H,2-7,9-10H2,1H3,(H,17,19). The van der Waals surface area contributed by atoms with E-state index in [1.165, 1.54) is 12.5 Å². The van der Waals surface area contributed by atoms with Crippen LogP contribution in [0.3, 0.4) is 0 Å². The summed E-state index contributed by atoms with van der Waals surface area (Å²) in [4.78, 5) is 25.8. The summed E-state index contributed by atoms with van der Waals surface area (Å²) in [6.07, 6.45) is 8.43. The molecular weight excluding hydrogens is 268 g/mol. The van der Waals surface area contributed by atoms with Crippen molar-refractivity contribution in [3.63, 3.8) is 0 Å². The first kappa shape index (κ1) is 15.6. The number of hydrogen-bond donors (Lipinski definition) is 1. The summed E-state index contributed by atoms with van der Waals surface area (Å²) >= 11 is 0. The van der Waals surface area contributed by atoms with Gasteiger partial charge in [-0.05, 0) is 25.3 Å². The Labute approximate surface area is 125 Å². The van der Waals surface area contributed by atoms with Gasteiger partial charge >= 0.3 is 0 Å².